The van der Waals surface area contributed by atoms with Crippen LogP contribution in [0.25, 0.3) is 5.69 Å². The molecule has 1 saturated heterocycles. The molecule has 0 bridgehead atoms. The number of likely N-dealkylation sites (tertiary alicyclic amines) is 1. The molecule has 0 saturated carbocycles. The molecule has 0 amide bonds. The molecule has 1 aliphatic rings. The second kappa shape index (κ2) is 6.18. The molecular formula is C16H18FN3O. The number of ketones is 1. The summed E-state index contributed by atoms with van der Waals surface area (Å²) in [5.41, 5.74) is 1.35. The van der Waals surface area contributed by atoms with Gasteiger partial charge in [-0.25, -0.2) is 9.07 Å². The van der Waals surface area contributed by atoms with E-state index in [0.29, 0.717) is 12.1 Å². The Morgan fingerprint density at radius 1 is 1.14 bits per heavy atom. The van der Waals surface area contributed by atoms with Gasteiger partial charge in [-0.1, -0.05) is 6.42 Å². The minimum atomic E-state index is -0.285. The van der Waals surface area contributed by atoms with Crippen LogP contribution in [-0.2, 0) is 0 Å². The molecule has 0 radical (unpaired) electrons. The van der Waals surface area contributed by atoms with Crippen LogP contribution >= 0.6 is 0 Å². The molecule has 2 aromatic rings. The van der Waals surface area contributed by atoms with Gasteiger partial charge in [-0.05, 0) is 50.2 Å². The van der Waals surface area contributed by atoms with E-state index in [1.807, 2.05) is 0 Å². The summed E-state index contributed by atoms with van der Waals surface area (Å²) in [7, 11) is 0. The lowest BCUT2D eigenvalue weighted by molar-refractivity contribution is 0.0915. The highest BCUT2D eigenvalue weighted by molar-refractivity contribution is 5.97. The van der Waals surface area contributed by atoms with E-state index in [9.17, 15) is 9.18 Å². The van der Waals surface area contributed by atoms with E-state index in [1.54, 1.807) is 29.2 Å². The third-order valence-corrected chi connectivity index (χ3v) is 3.81. The maximum atomic E-state index is 12.9. The molecule has 110 valence electrons. The number of Topliss-reactive ketones (excluding diaryl/α,β-unsaturated/α-hetero) is 1. The van der Waals surface area contributed by atoms with Gasteiger partial charge in [0.2, 0.25) is 0 Å². The van der Waals surface area contributed by atoms with Gasteiger partial charge < -0.3 is 0 Å². The van der Waals surface area contributed by atoms with Crippen molar-refractivity contribution >= 4 is 5.78 Å². The zero-order chi connectivity index (χ0) is 14.7. The van der Waals surface area contributed by atoms with Crippen molar-refractivity contribution in [2.24, 2.45) is 0 Å². The molecule has 1 aromatic heterocycles. The van der Waals surface area contributed by atoms with Gasteiger partial charge in [-0.15, -0.1) is 0 Å². The van der Waals surface area contributed by atoms with Crippen LogP contribution in [0.1, 0.15) is 29.6 Å². The quantitative estimate of drug-likeness (QED) is 0.811. The number of hydrogen-bond donors (Lipinski definition) is 0. The smallest absolute Gasteiger partial charge is 0.179 e. The number of halogens is 1. The molecule has 4 nitrogen and oxygen atoms in total. The lowest BCUT2D eigenvalue weighted by atomic mass is 10.1. The Labute approximate surface area is 123 Å². The predicted molar refractivity (Wildman–Crippen MR) is 78.1 cm³/mol. The van der Waals surface area contributed by atoms with Gasteiger partial charge in [0.25, 0.3) is 0 Å². The van der Waals surface area contributed by atoms with Gasteiger partial charge in [0.1, 0.15) is 5.82 Å². The monoisotopic (exact) mass is 287 g/mol. The minimum Gasteiger partial charge on any atom is -0.296 e. The average molecular weight is 287 g/mol. The molecule has 0 unspecified atom stereocenters. The fraction of sp³-hybridized carbons (Fsp3) is 0.375. The Bertz CT molecular complexity index is 615. The normalized spacial score (nSPS) is 16.0. The van der Waals surface area contributed by atoms with Crippen LogP contribution in [0.5, 0.6) is 0 Å². The van der Waals surface area contributed by atoms with Crippen molar-refractivity contribution in [3.63, 3.8) is 0 Å². The molecular weight excluding hydrogens is 269 g/mol. The number of aromatic nitrogens is 2. The molecule has 2 heterocycles. The van der Waals surface area contributed by atoms with Crippen molar-refractivity contribution in [1.29, 1.82) is 0 Å². The predicted octanol–water partition coefficient (Wildman–Crippen LogP) is 2.68. The first-order chi connectivity index (χ1) is 10.2. The van der Waals surface area contributed by atoms with E-state index < -0.39 is 0 Å². The summed E-state index contributed by atoms with van der Waals surface area (Å²) in [6, 6.07) is 6.04. The maximum Gasteiger partial charge on any atom is 0.179 e. The topological polar surface area (TPSA) is 38.1 Å². The van der Waals surface area contributed by atoms with Crippen molar-refractivity contribution in [3.8, 4) is 5.69 Å². The van der Waals surface area contributed by atoms with E-state index >= 15 is 0 Å². The standard InChI is InChI=1S/C16H18FN3O/c17-14-4-6-15(7-5-14)20-11-13(10-18-20)16(21)12-19-8-2-1-3-9-19/h4-7,10-11H,1-3,8-9,12H2. The second-order valence-corrected chi connectivity index (χ2v) is 5.41. The molecule has 0 aliphatic carbocycles. The summed E-state index contributed by atoms with van der Waals surface area (Å²) in [6.07, 6.45) is 6.88. The van der Waals surface area contributed by atoms with Crippen LogP contribution in [0, 0.1) is 5.82 Å². The van der Waals surface area contributed by atoms with Crippen LogP contribution < -0.4 is 0 Å². The Hall–Kier alpha value is -2.01. The second-order valence-electron chi connectivity index (χ2n) is 5.41. The van der Waals surface area contributed by atoms with Gasteiger partial charge in [0.05, 0.1) is 24.0 Å². The van der Waals surface area contributed by atoms with E-state index in [-0.39, 0.29) is 11.6 Å². The first-order valence-electron chi connectivity index (χ1n) is 7.28. The van der Waals surface area contributed by atoms with Crippen molar-refractivity contribution in [2.75, 3.05) is 19.6 Å². The van der Waals surface area contributed by atoms with Crippen molar-refractivity contribution < 1.29 is 9.18 Å². The molecule has 0 N–H and O–H groups in total. The highest BCUT2D eigenvalue weighted by atomic mass is 19.1. The average Bonchev–Trinajstić information content (AvgIpc) is 2.99. The largest absolute Gasteiger partial charge is 0.296 e. The maximum absolute atomic E-state index is 12.9. The van der Waals surface area contributed by atoms with Gasteiger partial charge in [-0.2, -0.15) is 5.10 Å². The third kappa shape index (κ3) is 3.36. The summed E-state index contributed by atoms with van der Waals surface area (Å²) < 4.78 is 14.5. The van der Waals surface area contributed by atoms with Gasteiger partial charge >= 0.3 is 0 Å². The minimum absolute atomic E-state index is 0.0882. The Kier molecular flexibility index (Phi) is 4.10. The zero-order valence-electron chi connectivity index (χ0n) is 11.8. The highest BCUT2D eigenvalue weighted by Gasteiger charge is 2.16. The molecule has 0 atom stereocenters. The van der Waals surface area contributed by atoms with Gasteiger partial charge in [0.15, 0.2) is 5.78 Å². The van der Waals surface area contributed by atoms with Crippen molar-refractivity contribution in [1.82, 2.24) is 14.7 Å². The van der Waals surface area contributed by atoms with Crippen LogP contribution in [0.3, 0.4) is 0 Å². The molecule has 21 heavy (non-hydrogen) atoms. The van der Waals surface area contributed by atoms with Crippen molar-refractivity contribution in [2.45, 2.75) is 19.3 Å². The first-order valence-corrected chi connectivity index (χ1v) is 7.28. The van der Waals surface area contributed by atoms with Gasteiger partial charge in [0, 0.05) is 6.20 Å². The molecule has 3 rings (SSSR count). The SMILES string of the molecule is O=C(CN1CCCCC1)c1cnn(-c2ccc(F)cc2)c1. The molecule has 1 aromatic carbocycles. The van der Waals surface area contributed by atoms with Crippen LogP contribution in [-0.4, -0.2) is 40.1 Å². The molecule has 0 spiro atoms. The lowest BCUT2D eigenvalue weighted by Crippen LogP contribution is -2.34. The highest BCUT2D eigenvalue weighted by Crippen LogP contribution is 2.12. The number of benzene rings is 1. The summed E-state index contributed by atoms with van der Waals surface area (Å²) >= 11 is 0. The van der Waals surface area contributed by atoms with Crippen LogP contribution in [0.15, 0.2) is 36.7 Å². The molecule has 1 aliphatic heterocycles. The Morgan fingerprint density at radius 2 is 1.86 bits per heavy atom. The zero-order valence-corrected chi connectivity index (χ0v) is 11.8. The fourth-order valence-corrected chi connectivity index (χ4v) is 2.61. The fourth-order valence-electron chi connectivity index (χ4n) is 2.61. The first kappa shape index (κ1) is 13.9. The summed E-state index contributed by atoms with van der Waals surface area (Å²) in [6.45, 7) is 2.45. The summed E-state index contributed by atoms with van der Waals surface area (Å²) in [5, 5.41) is 4.19. The molecule has 1 fully saturated rings. The van der Waals surface area contributed by atoms with E-state index in [1.165, 1.54) is 31.4 Å². The number of nitrogens with zero attached hydrogens (tertiary/aromatic N) is 3. The van der Waals surface area contributed by atoms with E-state index in [0.717, 1.165) is 18.8 Å². The summed E-state index contributed by atoms with van der Waals surface area (Å²) in [5.74, 6) is -0.197. The molecule has 5 heteroatoms. The van der Waals surface area contributed by atoms with Crippen LogP contribution in [0.4, 0.5) is 4.39 Å². The lowest BCUT2D eigenvalue weighted by Gasteiger charge is -2.25. The Balaban J connectivity index is 1.69. The van der Waals surface area contributed by atoms with Crippen molar-refractivity contribution in [3.05, 3.63) is 48.0 Å². The van der Waals surface area contributed by atoms with E-state index in [2.05, 4.69) is 10.00 Å². The number of piperidine rings is 1. The number of hydrogen-bond acceptors (Lipinski definition) is 3. The summed E-state index contributed by atoms with van der Waals surface area (Å²) in [4.78, 5) is 14.5. The van der Waals surface area contributed by atoms with E-state index in [4.69, 9.17) is 0 Å². The number of carbonyl (C=O) groups is 1. The number of rotatable bonds is 4. The van der Waals surface area contributed by atoms with Gasteiger partial charge in [-0.3, -0.25) is 9.69 Å². The third-order valence-electron chi connectivity index (χ3n) is 3.81. The number of carbonyl (C=O) groups excluding carboxylic acids is 1. The Morgan fingerprint density at radius 3 is 2.57 bits per heavy atom. The van der Waals surface area contributed by atoms with Crippen LogP contribution in [0.2, 0.25) is 0 Å².